The minimum atomic E-state index is -0.323. The molecule has 0 saturated heterocycles. The van der Waals surface area contributed by atoms with E-state index in [2.05, 4.69) is 15.5 Å². The van der Waals surface area contributed by atoms with Crippen LogP contribution in [0.4, 0.5) is 10.1 Å². The highest BCUT2D eigenvalue weighted by atomic mass is 19.1. The maximum atomic E-state index is 13.1. The number of methoxy groups -OCH3 is 2. The van der Waals surface area contributed by atoms with E-state index in [1.165, 1.54) is 12.1 Å². The monoisotopic (exact) mass is 395 g/mol. The van der Waals surface area contributed by atoms with Gasteiger partial charge in [0.15, 0.2) is 11.5 Å². The molecule has 2 aromatic carbocycles. The summed E-state index contributed by atoms with van der Waals surface area (Å²) < 4.78 is 23.8. The lowest BCUT2D eigenvalue weighted by atomic mass is 10.1. The molecule has 0 aliphatic heterocycles. The molecule has 1 amide bonds. The number of rotatable bonds is 7. The van der Waals surface area contributed by atoms with Gasteiger partial charge in [-0.3, -0.25) is 9.89 Å². The maximum Gasteiger partial charge on any atom is 0.228 e. The molecule has 0 spiro atoms. The maximum absolute atomic E-state index is 13.1. The average molecular weight is 395 g/mol. The van der Waals surface area contributed by atoms with Crippen molar-refractivity contribution in [2.75, 3.05) is 19.5 Å². The van der Waals surface area contributed by atoms with Crippen LogP contribution in [-0.4, -0.2) is 30.3 Å². The van der Waals surface area contributed by atoms with Crippen molar-refractivity contribution in [1.29, 1.82) is 0 Å². The number of hydrogen-bond acceptors (Lipinski definition) is 4. The van der Waals surface area contributed by atoms with Crippen LogP contribution in [0, 0.1) is 5.82 Å². The molecule has 1 saturated carbocycles. The standard InChI is InChI=1S/C22H22FN3O3/c1-28-17-10-7-15(12-18(17)29-2)21-22(20(25-26-21)14-5-6-14)24-19(27)11-13-3-8-16(23)9-4-13/h3-4,7-10,12,14H,5-6,11H2,1-2H3,(H,24,27)(H,25,26). The largest absolute Gasteiger partial charge is 0.493 e. The number of aromatic nitrogens is 2. The Hall–Kier alpha value is -3.35. The molecule has 1 fully saturated rings. The zero-order valence-corrected chi connectivity index (χ0v) is 16.3. The van der Waals surface area contributed by atoms with Crippen molar-refractivity contribution in [2.24, 2.45) is 0 Å². The molecule has 0 radical (unpaired) electrons. The van der Waals surface area contributed by atoms with Crippen LogP contribution in [-0.2, 0) is 11.2 Å². The number of H-pyrrole nitrogens is 1. The molecule has 6 nitrogen and oxygen atoms in total. The number of benzene rings is 2. The van der Waals surface area contributed by atoms with Crippen molar-refractivity contribution in [2.45, 2.75) is 25.2 Å². The summed E-state index contributed by atoms with van der Waals surface area (Å²) in [5, 5.41) is 10.6. The van der Waals surface area contributed by atoms with Gasteiger partial charge in [-0.05, 0) is 48.7 Å². The van der Waals surface area contributed by atoms with E-state index in [4.69, 9.17) is 9.47 Å². The molecule has 0 bridgehead atoms. The van der Waals surface area contributed by atoms with Gasteiger partial charge in [-0.25, -0.2) is 4.39 Å². The van der Waals surface area contributed by atoms with Crippen LogP contribution < -0.4 is 14.8 Å². The number of halogens is 1. The van der Waals surface area contributed by atoms with Crippen LogP contribution in [0.1, 0.15) is 30.0 Å². The number of nitrogens with one attached hydrogen (secondary N) is 2. The Kier molecular flexibility index (Phi) is 5.20. The third kappa shape index (κ3) is 4.08. The van der Waals surface area contributed by atoms with E-state index in [9.17, 15) is 9.18 Å². The highest BCUT2D eigenvalue weighted by Crippen LogP contribution is 2.45. The number of anilines is 1. The molecule has 1 heterocycles. The van der Waals surface area contributed by atoms with Gasteiger partial charge >= 0.3 is 0 Å². The molecule has 1 aliphatic rings. The van der Waals surface area contributed by atoms with Gasteiger partial charge in [-0.1, -0.05) is 12.1 Å². The minimum Gasteiger partial charge on any atom is -0.493 e. The predicted molar refractivity (Wildman–Crippen MR) is 108 cm³/mol. The third-order valence-electron chi connectivity index (χ3n) is 4.98. The Morgan fingerprint density at radius 2 is 1.86 bits per heavy atom. The summed E-state index contributed by atoms with van der Waals surface area (Å²) in [4.78, 5) is 12.7. The predicted octanol–water partition coefficient (Wildman–Crippen LogP) is 4.29. The zero-order chi connectivity index (χ0) is 20.4. The average Bonchev–Trinajstić information content (AvgIpc) is 3.50. The number of hydrogen-bond donors (Lipinski definition) is 2. The first-order valence-corrected chi connectivity index (χ1v) is 9.44. The summed E-state index contributed by atoms with van der Waals surface area (Å²) in [6.45, 7) is 0. The topological polar surface area (TPSA) is 76.2 Å². The van der Waals surface area contributed by atoms with Gasteiger partial charge in [0.25, 0.3) is 0 Å². The first-order chi connectivity index (χ1) is 14.1. The van der Waals surface area contributed by atoms with Gasteiger partial charge in [0, 0.05) is 11.5 Å². The SMILES string of the molecule is COc1ccc(-c2n[nH]c(C3CC3)c2NC(=O)Cc2ccc(F)cc2)cc1OC. The van der Waals surface area contributed by atoms with E-state index in [-0.39, 0.29) is 18.1 Å². The van der Waals surface area contributed by atoms with Crippen LogP contribution in [0.5, 0.6) is 11.5 Å². The lowest BCUT2D eigenvalue weighted by Crippen LogP contribution is -2.15. The highest BCUT2D eigenvalue weighted by molar-refractivity contribution is 5.97. The Labute approximate surface area is 168 Å². The molecule has 1 aromatic heterocycles. The first-order valence-electron chi connectivity index (χ1n) is 9.44. The summed E-state index contributed by atoms with van der Waals surface area (Å²) >= 11 is 0. The lowest BCUT2D eigenvalue weighted by molar-refractivity contribution is -0.115. The van der Waals surface area contributed by atoms with Crippen molar-refractivity contribution in [1.82, 2.24) is 10.2 Å². The summed E-state index contributed by atoms with van der Waals surface area (Å²) in [6, 6.07) is 11.5. The van der Waals surface area contributed by atoms with Crippen molar-refractivity contribution in [3.05, 3.63) is 59.5 Å². The number of carbonyl (C=O) groups is 1. The molecule has 1 aliphatic carbocycles. The Bertz CT molecular complexity index is 1030. The van der Waals surface area contributed by atoms with Crippen molar-refractivity contribution in [3.8, 4) is 22.8 Å². The van der Waals surface area contributed by atoms with E-state index < -0.39 is 0 Å². The fraction of sp³-hybridized carbons (Fsp3) is 0.273. The second-order valence-corrected chi connectivity index (χ2v) is 7.06. The van der Waals surface area contributed by atoms with Crippen molar-refractivity contribution in [3.63, 3.8) is 0 Å². The molecule has 0 unspecified atom stereocenters. The van der Waals surface area contributed by atoms with Crippen LogP contribution in [0.3, 0.4) is 0 Å². The fourth-order valence-corrected chi connectivity index (χ4v) is 3.31. The summed E-state index contributed by atoms with van der Waals surface area (Å²) in [7, 11) is 3.16. The highest BCUT2D eigenvalue weighted by Gasteiger charge is 2.31. The molecule has 4 rings (SSSR count). The quantitative estimate of drug-likeness (QED) is 0.626. The van der Waals surface area contributed by atoms with E-state index in [0.717, 1.165) is 29.7 Å². The molecule has 7 heteroatoms. The Morgan fingerprint density at radius 3 is 2.52 bits per heavy atom. The molecule has 3 aromatic rings. The number of ether oxygens (including phenoxy) is 2. The summed E-state index contributed by atoms with van der Waals surface area (Å²) in [6.07, 6.45) is 2.28. The summed E-state index contributed by atoms with van der Waals surface area (Å²) in [5.74, 6) is 1.08. The van der Waals surface area contributed by atoms with E-state index >= 15 is 0 Å². The van der Waals surface area contributed by atoms with Crippen LogP contribution >= 0.6 is 0 Å². The second-order valence-electron chi connectivity index (χ2n) is 7.06. The Balaban J connectivity index is 1.63. The van der Waals surface area contributed by atoms with Crippen LogP contribution in [0.25, 0.3) is 11.3 Å². The zero-order valence-electron chi connectivity index (χ0n) is 16.3. The normalized spacial score (nSPS) is 13.2. The molecular weight excluding hydrogens is 373 g/mol. The second kappa shape index (κ2) is 7.95. The molecule has 2 N–H and O–H groups in total. The lowest BCUT2D eigenvalue weighted by Gasteiger charge is -2.11. The van der Waals surface area contributed by atoms with Gasteiger partial charge in [-0.15, -0.1) is 0 Å². The third-order valence-corrected chi connectivity index (χ3v) is 4.98. The smallest absolute Gasteiger partial charge is 0.228 e. The van der Waals surface area contributed by atoms with Gasteiger partial charge < -0.3 is 14.8 Å². The van der Waals surface area contributed by atoms with E-state index in [0.29, 0.717) is 28.8 Å². The van der Waals surface area contributed by atoms with Gasteiger partial charge in [0.2, 0.25) is 5.91 Å². The number of nitrogens with zero attached hydrogens (tertiary/aromatic N) is 1. The van der Waals surface area contributed by atoms with E-state index in [1.807, 2.05) is 18.2 Å². The van der Waals surface area contributed by atoms with Gasteiger partial charge in [-0.2, -0.15) is 5.10 Å². The number of amides is 1. The number of carbonyl (C=O) groups excluding carboxylic acids is 1. The number of aromatic amines is 1. The Morgan fingerprint density at radius 1 is 1.14 bits per heavy atom. The van der Waals surface area contributed by atoms with Crippen LogP contribution in [0.2, 0.25) is 0 Å². The molecule has 0 atom stereocenters. The first kappa shape index (κ1) is 19.0. The summed E-state index contributed by atoms with van der Waals surface area (Å²) in [5.41, 5.74) is 3.82. The van der Waals surface area contributed by atoms with Crippen molar-refractivity contribution >= 4 is 11.6 Å². The van der Waals surface area contributed by atoms with Gasteiger partial charge in [0.05, 0.1) is 32.0 Å². The van der Waals surface area contributed by atoms with Crippen molar-refractivity contribution < 1.29 is 18.7 Å². The van der Waals surface area contributed by atoms with E-state index in [1.54, 1.807) is 26.4 Å². The fourth-order valence-electron chi connectivity index (χ4n) is 3.31. The molecular formula is C22H22FN3O3. The molecule has 29 heavy (non-hydrogen) atoms. The van der Waals surface area contributed by atoms with Crippen LogP contribution in [0.15, 0.2) is 42.5 Å². The van der Waals surface area contributed by atoms with Gasteiger partial charge in [0.1, 0.15) is 11.5 Å². The minimum absolute atomic E-state index is 0.154. The molecule has 150 valence electrons.